The molecule has 0 fully saturated rings. The summed E-state index contributed by atoms with van der Waals surface area (Å²) >= 11 is 8.92. The van der Waals surface area contributed by atoms with Crippen LogP contribution in [0.4, 0.5) is 4.39 Å². The van der Waals surface area contributed by atoms with Crippen molar-refractivity contribution >= 4 is 27.5 Å². The van der Waals surface area contributed by atoms with Gasteiger partial charge in [-0.25, -0.2) is 4.39 Å². The van der Waals surface area contributed by atoms with E-state index in [-0.39, 0.29) is 15.7 Å². The van der Waals surface area contributed by atoms with Gasteiger partial charge in [0.1, 0.15) is 5.82 Å². The quantitative estimate of drug-likeness (QED) is 0.649. The molecule has 0 aliphatic carbocycles. The van der Waals surface area contributed by atoms with Crippen molar-refractivity contribution in [3.8, 4) is 0 Å². The van der Waals surface area contributed by atoms with Crippen molar-refractivity contribution in [1.82, 2.24) is 0 Å². The molecule has 0 N–H and O–H groups in total. The molecule has 1 aromatic rings. The number of alkyl halides is 1. The average Bonchev–Trinajstić information content (AvgIpc) is 1.94. The van der Waals surface area contributed by atoms with Gasteiger partial charge in [-0.05, 0) is 24.6 Å². The third-order valence-electron chi connectivity index (χ3n) is 1.40. The zero-order chi connectivity index (χ0) is 8.43. The van der Waals surface area contributed by atoms with Gasteiger partial charge in [0.15, 0.2) is 0 Å². The monoisotopic (exact) mass is 236 g/mol. The van der Waals surface area contributed by atoms with Crippen LogP contribution in [-0.4, -0.2) is 0 Å². The van der Waals surface area contributed by atoms with Gasteiger partial charge in [0.2, 0.25) is 0 Å². The number of hydrogen-bond acceptors (Lipinski definition) is 0. The van der Waals surface area contributed by atoms with Crippen LogP contribution in [0.25, 0.3) is 0 Å². The maximum atomic E-state index is 12.6. The standard InChI is InChI=1S/C8H7BrClF/c1-5(9)6-2-3-8(11)7(10)4-6/h2-5H,1H3. The van der Waals surface area contributed by atoms with E-state index in [1.165, 1.54) is 6.07 Å². The molecule has 0 spiro atoms. The SMILES string of the molecule is CC(Br)c1ccc(F)c(Cl)c1. The van der Waals surface area contributed by atoms with E-state index in [1.54, 1.807) is 12.1 Å². The fourth-order valence-electron chi connectivity index (χ4n) is 0.760. The first-order valence-corrected chi connectivity index (χ1v) is 4.49. The van der Waals surface area contributed by atoms with Crippen LogP contribution in [0.5, 0.6) is 0 Å². The molecule has 60 valence electrons. The summed E-state index contributed by atoms with van der Waals surface area (Å²) in [7, 11) is 0. The highest BCUT2D eigenvalue weighted by Crippen LogP contribution is 2.25. The Balaban J connectivity index is 3.05. The minimum absolute atomic E-state index is 0.175. The van der Waals surface area contributed by atoms with Crippen molar-refractivity contribution in [2.75, 3.05) is 0 Å². The lowest BCUT2D eigenvalue weighted by molar-refractivity contribution is 0.627. The van der Waals surface area contributed by atoms with Gasteiger partial charge in [0.25, 0.3) is 0 Å². The summed E-state index contributed by atoms with van der Waals surface area (Å²) in [5.41, 5.74) is 0.983. The van der Waals surface area contributed by atoms with Crippen LogP contribution < -0.4 is 0 Å². The molecule has 0 radical (unpaired) electrons. The number of rotatable bonds is 1. The molecule has 0 aliphatic heterocycles. The van der Waals surface area contributed by atoms with Crippen molar-refractivity contribution in [3.05, 3.63) is 34.6 Å². The molecule has 0 aliphatic rings. The lowest BCUT2D eigenvalue weighted by atomic mass is 10.2. The summed E-state index contributed by atoms with van der Waals surface area (Å²) in [6, 6.07) is 4.70. The molecule has 0 bridgehead atoms. The highest BCUT2D eigenvalue weighted by Gasteiger charge is 2.03. The summed E-state index contributed by atoms with van der Waals surface area (Å²) in [6.07, 6.45) is 0. The molecule has 0 saturated heterocycles. The molecular weight excluding hydrogens is 230 g/mol. The molecule has 3 heteroatoms. The summed E-state index contributed by atoms with van der Waals surface area (Å²) < 4.78 is 12.6. The number of benzene rings is 1. The normalized spacial score (nSPS) is 13.1. The largest absolute Gasteiger partial charge is 0.205 e. The van der Waals surface area contributed by atoms with E-state index in [2.05, 4.69) is 15.9 Å². The van der Waals surface area contributed by atoms with Crippen molar-refractivity contribution in [2.45, 2.75) is 11.8 Å². The Bertz CT molecular complexity index is 260. The summed E-state index contributed by atoms with van der Waals surface area (Å²) in [5.74, 6) is -0.372. The smallest absolute Gasteiger partial charge is 0.141 e. The Morgan fingerprint density at radius 2 is 2.18 bits per heavy atom. The fraction of sp³-hybridized carbons (Fsp3) is 0.250. The van der Waals surface area contributed by atoms with Gasteiger partial charge in [-0.1, -0.05) is 33.6 Å². The van der Waals surface area contributed by atoms with Crippen LogP contribution >= 0.6 is 27.5 Å². The van der Waals surface area contributed by atoms with E-state index in [9.17, 15) is 4.39 Å². The molecule has 0 aromatic heterocycles. The first kappa shape index (κ1) is 9.01. The van der Waals surface area contributed by atoms with E-state index < -0.39 is 0 Å². The Kier molecular flexibility index (Phi) is 2.90. The van der Waals surface area contributed by atoms with Crippen LogP contribution in [-0.2, 0) is 0 Å². The predicted molar refractivity (Wildman–Crippen MR) is 48.8 cm³/mol. The van der Waals surface area contributed by atoms with Crippen molar-refractivity contribution in [1.29, 1.82) is 0 Å². The number of halogens is 3. The highest BCUT2D eigenvalue weighted by atomic mass is 79.9. The van der Waals surface area contributed by atoms with Gasteiger partial charge in [-0.2, -0.15) is 0 Å². The molecule has 1 aromatic carbocycles. The second-order valence-corrected chi connectivity index (χ2v) is 4.07. The second-order valence-electron chi connectivity index (χ2n) is 2.29. The Labute approximate surface area is 78.5 Å². The molecule has 1 rings (SSSR count). The molecule has 11 heavy (non-hydrogen) atoms. The minimum atomic E-state index is -0.372. The van der Waals surface area contributed by atoms with Crippen LogP contribution in [0.15, 0.2) is 18.2 Å². The summed E-state index contributed by atoms with van der Waals surface area (Å²) in [6.45, 7) is 1.96. The molecule has 0 heterocycles. The van der Waals surface area contributed by atoms with Crippen molar-refractivity contribution in [3.63, 3.8) is 0 Å². The van der Waals surface area contributed by atoms with Crippen LogP contribution in [0.2, 0.25) is 5.02 Å². The van der Waals surface area contributed by atoms with E-state index >= 15 is 0 Å². The molecule has 0 amide bonds. The molecule has 1 unspecified atom stereocenters. The van der Waals surface area contributed by atoms with Crippen molar-refractivity contribution < 1.29 is 4.39 Å². The first-order chi connectivity index (χ1) is 5.11. The van der Waals surface area contributed by atoms with Gasteiger partial charge in [-0.3, -0.25) is 0 Å². The minimum Gasteiger partial charge on any atom is -0.205 e. The fourth-order valence-corrected chi connectivity index (χ4v) is 1.23. The zero-order valence-electron chi connectivity index (χ0n) is 5.94. The third-order valence-corrected chi connectivity index (χ3v) is 2.22. The average molecular weight is 237 g/mol. The lowest BCUT2D eigenvalue weighted by Crippen LogP contribution is -1.84. The van der Waals surface area contributed by atoms with E-state index in [0.717, 1.165) is 5.56 Å². The first-order valence-electron chi connectivity index (χ1n) is 3.20. The van der Waals surface area contributed by atoms with Gasteiger partial charge in [0, 0.05) is 4.83 Å². The highest BCUT2D eigenvalue weighted by molar-refractivity contribution is 9.09. The van der Waals surface area contributed by atoms with Gasteiger partial charge >= 0.3 is 0 Å². The van der Waals surface area contributed by atoms with Gasteiger partial charge in [-0.15, -0.1) is 0 Å². The maximum Gasteiger partial charge on any atom is 0.141 e. The van der Waals surface area contributed by atoms with Gasteiger partial charge in [0.05, 0.1) is 5.02 Å². The van der Waals surface area contributed by atoms with Crippen LogP contribution in [0.1, 0.15) is 17.3 Å². The molecule has 0 nitrogen and oxygen atoms in total. The Morgan fingerprint density at radius 1 is 1.55 bits per heavy atom. The van der Waals surface area contributed by atoms with Crippen LogP contribution in [0.3, 0.4) is 0 Å². The van der Waals surface area contributed by atoms with Crippen LogP contribution in [0, 0.1) is 5.82 Å². The summed E-state index contributed by atoms with van der Waals surface area (Å²) in [4.78, 5) is 0.209. The molecule has 1 atom stereocenters. The van der Waals surface area contributed by atoms with Gasteiger partial charge < -0.3 is 0 Å². The van der Waals surface area contributed by atoms with E-state index in [1.807, 2.05) is 6.92 Å². The summed E-state index contributed by atoms with van der Waals surface area (Å²) in [5, 5.41) is 0.175. The third kappa shape index (κ3) is 2.17. The number of hydrogen-bond donors (Lipinski definition) is 0. The van der Waals surface area contributed by atoms with E-state index in [0.29, 0.717) is 0 Å². The maximum absolute atomic E-state index is 12.6. The molecular formula is C8H7BrClF. The van der Waals surface area contributed by atoms with E-state index in [4.69, 9.17) is 11.6 Å². The Hall–Kier alpha value is -0.0800. The van der Waals surface area contributed by atoms with Crippen molar-refractivity contribution in [2.24, 2.45) is 0 Å². The topological polar surface area (TPSA) is 0 Å². The molecule has 0 saturated carbocycles. The second kappa shape index (κ2) is 3.55. The zero-order valence-corrected chi connectivity index (χ0v) is 8.29. The Morgan fingerprint density at radius 3 is 2.64 bits per heavy atom. The predicted octanol–water partition coefficient (Wildman–Crippen LogP) is 3.94. The lowest BCUT2D eigenvalue weighted by Gasteiger charge is -2.03.